The highest BCUT2D eigenvalue weighted by Gasteiger charge is 2.25. The van der Waals surface area contributed by atoms with Gasteiger partial charge < -0.3 is 0 Å². The minimum atomic E-state index is -0.243. The summed E-state index contributed by atoms with van der Waals surface area (Å²) in [6, 6.07) is 7.37. The first kappa shape index (κ1) is 21.6. The maximum absolute atomic E-state index is 13.4. The summed E-state index contributed by atoms with van der Waals surface area (Å²) in [5.41, 5.74) is 4.01. The lowest BCUT2D eigenvalue weighted by atomic mass is 10.2. The van der Waals surface area contributed by atoms with E-state index in [1.807, 2.05) is 43.7 Å². The van der Waals surface area contributed by atoms with Crippen molar-refractivity contribution < 1.29 is 4.79 Å². The van der Waals surface area contributed by atoms with E-state index in [4.69, 9.17) is 39.8 Å². The number of benzene rings is 1. The zero-order valence-corrected chi connectivity index (χ0v) is 20.3. The van der Waals surface area contributed by atoms with E-state index in [0.717, 1.165) is 27.2 Å². The highest BCUT2D eigenvalue weighted by atomic mass is 35.5. The lowest BCUT2D eigenvalue weighted by Crippen LogP contribution is -2.34. The number of aromatic nitrogens is 3. The predicted octanol–water partition coefficient (Wildman–Crippen LogP) is 6.79. The topological polar surface area (TPSA) is 51.0 Å². The van der Waals surface area contributed by atoms with Crippen LogP contribution in [-0.2, 0) is 6.54 Å². The van der Waals surface area contributed by atoms with Gasteiger partial charge in [-0.25, -0.2) is 4.98 Å². The maximum atomic E-state index is 13.4. The SMILES string of the molecule is Cc1cc(C)n(CCN(C(=O)c2cc(Cl)sc2Cl)c2nc3c(C)c(Cl)ccc3s2)n1. The number of halogens is 3. The van der Waals surface area contributed by atoms with Crippen molar-refractivity contribution in [3.63, 3.8) is 0 Å². The molecule has 3 heterocycles. The van der Waals surface area contributed by atoms with E-state index in [-0.39, 0.29) is 5.91 Å². The molecule has 5 nitrogen and oxygen atoms in total. The van der Waals surface area contributed by atoms with Crippen LogP contribution in [0.3, 0.4) is 0 Å². The molecule has 4 rings (SSSR count). The first-order valence-corrected chi connectivity index (χ1v) is 11.8. The molecule has 156 valence electrons. The van der Waals surface area contributed by atoms with E-state index in [2.05, 4.69) is 5.10 Å². The fourth-order valence-electron chi connectivity index (χ4n) is 3.22. The number of rotatable bonds is 5. The van der Waals surface area contributed by atoms with E-state index >= 15 is 0 Å². The Morgan fingerprint density at radius 3 is 2.53 bits per heavy atom. The smallest absolute Gasteiger partial charge is 0.262 e. The summed E-state index contributed by atoms with van der Waals surface area (Å²) >= 11 is 21.2. The number of anilines is 1. The van der Waals surface area contributed by atoms with Crippen molar-refractivity contribution in [1.29, 1.82) is 0 Å². The Balaban J connectivity index is 1.74. The maximum Gasteiger partial charge on any atom is 0.262 e. The van der Waals surface area contributed by atoms with Gasteiger partial charge in [-0.1, -0.05) is 46.1 Å². The Kier molecular flexibility index (Phi) is 6.10. The molecule has 0 radical (unpaired) electrons. The highest BCUT2D eigenvalue weighted by Crippen LogP contribution is 2.36. The number of nitrogens with zero attached hydrogens (tertiary/aromatic N) is 4. The van der Waals surface area contributed by atoms with Crippen LogP contribution in [0, 0.1) is 20.8 Å². The second-order valence-corrected chi connectivity index (χ2v) is 10.6. The molecule has 0 bridgehead atoms. The van der Waals surface area contributed by atoms with Crippen molar-refractivity contribution in [3.05, 3.63) is 60.5 Å². The molecular formula is C20H17Cl3N4OS2. The summed E-state index contributed by atoms with van der Waals surface area (Å²) in [5.74, 6) is -0.243. The third-order valence-corrected chi connectivity index (χ3v) is 7.68. The minimum Gasteiger partial charge on any atom is -0.282 e. The number of hydrogen-bond acceptors (Lipinski definition) is 5. The molecule has 0 saturated carbocycles. The Bertz CT molecular complexity index is 1260. The molecule has 0 spiro atoms. The Labute approximate surface area is 196 Å². The molecule has 1 amide bonds. The molecule has 0 atom stereocenters. The van der Waals surface area contributed by atoms with E-state index in [0.29, 0.717) is 37.5 Å². The molecule has 3 aromatic heterocycles. The molecule has 0 fully saturated rings. The first-order chi connectivity index (χ1) is 14.2. The number of thiazole rings is 1. The minimum absolute atomic E-state index is 0.243. The Morgan fingerprint density at radius 1 is 1.13 bits per heavy atom. The molecule has 30 heavy (non-hydrogen) atoms. The number of amides is 1. The normalized spacial score (nSPS) is 11.4. The summed E-state index contributed by atoms with van der Waals surface area (Å²) in [5, 5.41) is 5.73. The van der Waals surface area contributed by atoms with Gasteiger partial charge in [0, 0.05) is 17.3 Å². The van der Waals surface area contributed by atoms with E-state index in [9.17, 15) is 4.79 Å². The number of aryl methyl sites for hydroxylation is 3. The molecule has 0 aliphatic heterocycles. The van der Waals surface area contributed by atoms with E-state index in [1.54, 1.807) is 11.0 Å². The third-order valence-electron chi connectivity index (χ3n) is 4.74. The fraction of sp³-hybridized carbons (Fsp3) is 0.250. The summed E-state index contributed by atoms with van der Waals surface area (Å²) in [4.78, 5) is 19.8. The molecule has 1 aromatic carbocycles. The largest absolute Gasteiger partial charge is 0.282 e. The Morgan fingerprint density at radius 2 is 1.90 bits per heavy atom. The molecule has 0 unspecified atom stereocenters. The molecule has 4 aromatic rings. The first-order valence-electron chi connectivity index (χ1n) is 9.08. The van der Waals surface area contributed by atoms with Crippen LogP contribution in [0.5, 0.6) is 0 Å². The van der Waals surface area contributed by atoms with Gasteiger partial charge in [0.05, 0.1) is 32.4 Å². The molecule has 0 aliphatic carbocycles. The van der Waals surface area contributed by atoms with Crippen molar-refractivity contribution in [2.75, 3.05) is 11.4 Å². The van der Waals surface area contributed by atoms with Gasteiger partial charge in [0.15, 0.2) is 5.13 Å². The predicted molar refractivity (Wildman–Crippen MR) is 127 cm³/mol. The lowest BCUT2D eigenvalue weighted by Gasteiger charge is -2.20. The number of carbonyl (C=O) groups is 1. The third kappa shape index (κ3) is 4.09. The molecular weight excluding hydrogens is 483 g/mol. The van der Waals surface area contributed by atoms with E-state index in [1.165, 1.54) is 22.7 Å². The summed E-state index contributed by atoms with van der Waals surface area (Å²) in [7, 11) is 0. The number of carbonyl (C=O) groups excluding carboxylic acids is 1. The van der Waals surface area contributed by atoms with Crippen LogP contribution < -0.4 is 4.90 Å². The van der Waals surface area contributed by atoms with Gasteiger partial charge in [0.2, 0.25) is 0 Å². The van der Waals surface area contributed by atoms with Gasteiger partial charge in [0.1, 0.15) is 4.34 Å². The Hall–Kier alpha value is -1.64. The fourth-order valence-corrected chi connectivity index (χ4v) is 5.87. The van der Waals surface area contributed by atoms with Gasteiger partial charge in [-0.15, -0.1) is 11.3 Å². The number of fused-ring (bicyclic) bond motifs is 1. The van der Waals surface area contributed by atoms with Crippen LogP contribution in [-0.4, -0.2) is 27.2 Å². The van der Waals surface area contributed by atoms with Crippen LogP contribution in [0.2, 0.25) is 13.7 Å². The zero-order chi connectivity index (χ0) is 21.6. The van der Waals surface area contributed by atoms with Gasteiger partial charge in [-0.3, -0.25) is 14.4 Å². The van der Waals surface area contributed by atoms with Crippen LogP contribution in [0.1, 0.15) is 27.3 Å². The number of thiophene rings is 1. The standard InChI is InChI=1S/C20H17Cl3N4OS2/c1-10-8-11(2)27(25-10)7-6-26(19(28)13-9-16(22)30-18(13)23)20-24-17-12(3)14(21)4-5-15(17)29-20/h4-5,8-9H,6-7H2,1-3H3. The van der Waals surface area contributed by atoms with Crippen LogP contribution in [0.25, 0.3) is 10.2 Å². The highest BCUT2D eigenvalue weighted by molar-refractivity contribution is 7.22. The van der Waals surface area contributed by atoms with Gasteiger partial charge in [-0.05, 0) is 50.6 Å². The van der Waals surface area contributed by atoms with Crippen molar-refractivity contribution >= 4 is 78.7 Å². The average molecular weight is 500 g/mol. The second-order valence-electron chi connectivity index (χ2n) is 6.86. The second kappa shape index (κ2) is 8.48. The van der Waals surface area contributed by atoms with Gasteiger partial charge in [0.25, 0.3) is 5.91 Å². The van der Waals surface area contributed by atoms with Gasteiger partial charge in [-0.2, -0.15) is 5.10 Å². The monoisotopic (exact) mass is 498 g/mol. The quantitative estimate of drug-likeness (QED) is 0.304. The van der Waals surface area contributed by atoms with Crippen molar-refractivity contribution in [2.45, 2.75) is 27.3 Å². The molecule has 10 heteroatoms. The van der Waals surface area contributed by atoms with E-state index < -0.39 is 0 Å². The lowest BCUT2D eigenvalue weighted by molar-refractivity contribution is 0.0986. The van der Waals surface area contributed by atoms with Gasteiger partial charge >= 0.3 is 0 Å². The molecule has 0 N–H and O–H groups in total. The summed E-state index contributed by atoms with van der Waals surface area (Å²) in [6.45, 7) is 6.77. The summed E-state index contributed by atoms with van der Waals surface area (Å²) in [6.07, 6.45) is 0. The number of hydrogen-bond donors (Lipinski definition) is 0. The van der Waals surface area contributed by atoms with Crippen LogP contribution in [0.15, 0.2) is 24.3 Å². The van der Waals surface area contributed by atoms with Crippen LogP contribution in [0.4, 0.5) is 5.13 Å². The van der Waals surface area contributed by atoms with Crippen molar-refractivity contribution in [1.82, 2.24) is 14.8 Å². The van der Waals surface area contributed by atoms with Crippen molar-refractivity contribution in [3.8, 4) is 0 Å². The average Bonchev–Trinajstić information content (AvgIpc) is 3.35. The summed E-state index contributed by atoms with van der Waals surface area (Å²) < 4.78 is 3.67. The van der Waals surface area contributed by atoms with Crippen LogP contribution >= 0.6 is 57.5 Å². The zero-order valence-electron chi connectivity index (χ0n) is 16.4. The van der Waals surface area contributed by atoms with Crippen molar-refractivity contribution in [2.24, 2.45) is 0 Å². The molecule has 0 aliphatic rings. The molecule has 0 saturated heterocycles.